The number of esters is 1. The van der Waals surface area contributed by atoms with Crippen molar-refractivity contribution < 1.29 is 23.9 Å². The van der Waals surface area contributed by atoms with Crippen LogP contribution in [0.4, 0.5) is 5.69 Å². The Kier molecular flexibility index (Phi) is 10.1. The molecule has 31 heavy (non-hydrogen) atoms. The lowest BCUT2D eigenvalue weighted by molar-refractivity contribution is -0.153. The van der Waals surface area contributed by atoms with Crippen LogP contribution in [-0.4, -0.2) is 30.4 Å². The fourth-order valence-corrected chi connectivity index (χ4v) is 2.76. The summed E-state index contributed by atoms with van der Waals surface area (Å²) < 4.78 is 10.9. The number of rotatable bonds is 12. The fraction of sp³-hybridized carbons (Fsp3) is 0.375. The number of carbonyl (C=O) groups is 3. The lowest BCUT2D eigenvalue weighted by atomic mass is 10.2. The number of hydrogen-bond acceptors (Lipinski definition) is 5. The van der Waals surface area contributed by atoms with Gasteiger partial charge in [-0.25, -0.2) is 0 Å². The van der Waals surface area contributed by atoms with Crippen LogP contribution in [-0.2, 0) is 25.7 Å². The van der Waals surface area contributed by atoms with Gasteiger partial charge in [0.15, 0.2) is 6.10 Å². The molecule has 0 aliphatic carbocycles. The highest BCUT2D eigenvalue weighted by Crippen LogP contribution is 2.17. The van der Waals surface area contributed by atoms with Crippen LogP contribution in [0.1, 0.15) is 45.1 Å². The van der Waals surface area contributed by atoms with Crippen molar-refractivity contribution >= 4 is 23.5 Å². The van der Waals surface area contributed by atoms with E-state index >= 15 is 0 Å². The number of ether oxygens (including phenoxy) is 2. The average Bonchev–Trinajstić information content (AvgIpc) is 2.76. The van der Waals surface area contributed by atoms with E-state index < -0.39 is 18.0 Å². The molecule has 0 saturated carbocycles. The number of amides is 2. The molecule has 2 aromatic carbocycles. The molecule has 0 bridgehead atoms. The first-order valence-corrected chi connectivity index (χ1v) is 10.5. The second kappa shape index (κ2) is 13.1. The van der Waals surface area contributed by atoms with Crippen LogP contribution in [0.2, 0.25) is 0 Å². The maximum atomic E-state index is 12.3. The minimum absolute atomic E-state index is 0.0615. The molecule has 1 atom stereocenters. The maximum absolute atomic E-state index is 12.3. The van der Waals surface area contributed by atoms with Crippen molar-refractivity contribution in [2.75, 3.05) is 11.9 Å². The average molecular weight is 427 g/mol. The number of nitrogens with one attached hydrogen (secondary N) is 2. The normalized spacial score (nSPS) is 11.3. The van der Waals surface area contributed by atoms with Gasteiger partial charge in [0, 0.05) is 25.6 Å². The molecule has 0 aliphatic rings. The van der Waals surface area contributed by atoms with Gasteiger partial charge in [0.05, 0.1) is 0 Å². The predicted molar refractivity (Wildman–Crippen MR) is 119 cm³/mol. The molecule has 2 rings (SSSR count). The van der Waals surface area contributed by atoms with Crippen molar-refractivity contribution in [2.24, 2.45) is 0 Å². The SMILES string of the molecule is CC(=O)NCCCCCC(=O)OC(C)C(=O)Nc1ccc(OCc2ccccc2)cc1. The van der Waals surface area contributed by atoms with Crippen LogP contribution in [0.5, 0.6) is 5.75 Å². The Balaban J connectivity index is 1.66. The van der Waals surface area contributed by atoms with Gasteiger partial charge in [-0.2, -0.15) is 0 Å². The highest BCUT2D eigenvalue weighted by molar-refractivity contribution is 5.95. The van der Waals surface area contributed by atoms with Crippen LogP contribution in [0.15, 0.2) is 54.6 Å². The lowest BCUT2D eigenvalue weighted by Gasteiger charge is -2.14. The summed E-state index contributed by atoms with van der Waals surface area (Å²) in [5, 5.41) is 5.44. The van der Waals surface area contributed by atoms with Gasteiger partial charge in [-0.1, -0.05) is 36.8 Å². The minimum Gasteiger partial charge on any atom is -0.489 e. The van der Waals surface area contributed by atoms with Gasteiger partial charge in [0.1, 0.15) is 12.4 Å². The van der Waals surface area contributed by atoms with Gasteiger partial charge in [0.2, 0.25) is 5.91 Å². The third-order valence-corrected chi connectivity index (χ3v) is 4.48. The van der Waals surface area contributed by atoms with Crippen molar-refractivity contribution in [3.05, 3.63) is 60.2 Å². The Labute approximate surface area is 183 Å². The first-order valence-electron chi connectivity index (χ1n) is 10.5. The molecule has 0 heterocycles. The van der Waals surface area contributed by atoms with E-state index in [0.29, 0.717) is 31.0 Å². The highest BCUT2D eigenvalue weighted by Gasteiger charge is 2.17. The Bertz CT molecular complexity index is 837. The standard InChI is InChI=1S/C24H30N2O5/c1-18(31-23(28)11-7-4-8-16-25-19(2)27)24(29)26-21-12-14-22(15-13-21)30-17-20-9-5-3-6-10-20/h3,5-6,9-10,12-15,18H,4,7-8,11,16-17H2,1-2H3,(H,25,27)(H,26,29). The zero-order valence-electron chi connectivity index (χ0n) is 18.1. The van der Waals surface area contributed by atoms with Crippen molar-refractivity contribution in [3.63, 3.8) is 0 Å². The summed E-state index contributed by atoms with van der Waals surface area (Å²) in [6.07, 6.45) is 1.60. The van der Waals surface area contributed by atoms with Gasteiger partial charge in [-0.3, -0.25) is 14.4 Å². The van der Waals surface area contributed by atoms with Gasteiger partial charge in [0.25, 0.3) is 5.91 Å². The van der Waals surface area contributed by atoms with E-state index in [-0.39, 0.29) is 12.3 Å². The molecule has 0 aromatic heterocycles. The molecule has 7 nitrogen and oxygen atoms in total. The Morgan fingerprint density at radius 2 is 1.65 bits per heavy atom. The molecule has 0 aliphatic heterocycles. The lowest BCUT2D eigenvalue weighted by Crippen LogP contribution is -2.29. The first kappa shape index (κ1) is 23.9. The summed E-state index contributed by atoms with van der Waals surface area (Å²) >= 11 is 0. The van der Waals surface area contributed by atoms with Crippen LogP contribution in [0, 0.1) is 0 Å². The van der Waals surface area contributed by atoms with Gasteiger partial charge < -0.3 is 20.1 Å². The number of anilines is 1. The molecular formula is C24H30N2O5. The van der Waals surface area contributed by atoms with E-state index in [2.05, 4.69) is 10.6 Å². The molecular weight excluding hydrogens is 396 g/mol. The van der Waals surface area contributed by atoms with Crippen molar-refractivity contribution in [2.45, 2.75) is 52.2 Å². The molecule has 0 saturated heterocycles. The third-order valence-electron chi connectivity index (χ3n) is 4.48. The van der Waals surface area contributed by atoms with Gasteiger partial charge in [-0.05, 0) is 49.6 Å². The van der Waals surface area contributed by atoms with Crippen molar-refractivity contribution in [1.82, 2.24) is 5.32 Å². The van der Waals surface area contributed by atoms with E-state index in [9.17, 15) is 14.4 Å². The summed E-state index contributed by atoms with van der Waals surface area (Å²) in [7, 11) is 0. The molecule has 0 radical (unpaired) electrons. The highest BCUT2D eigenvalue weighted by atomic mass is 16.5. The Morgan fingerprint density at radius 3 is 2.32 bits per heavy atom. The van der Waals surface area contributed by atoms with Crippen molar-refractivity contribution in [3.8, 4) is 5.75 Å². The quantitative estimate of drug-likeness (QED) is 0.397. The molecule has 7 heteroatoms. The van der Waals surface area contributed by atoms with E-state index in [0.717, 1.165) is 18.4 Å². The number of unbranched alkanes of at least 4 members (excludes halogenated alkanes) is 2. The van der Waals surface area contributed by atoms with Gasteiger partial charge >= 0.3 is 5.97 Å². The molecule has 0 fully saturated rings. The second-order valence-corrected chi connectivity index (χ2v) is 7.21. The summed E-state index contributed by atoms with van der Waals surface area (Å²) in [5.41, 5.74) is 1.67. The summed E-state index contributed by atoms with van der Waals surface area (Å²) in [4.78, 5) is 34.9. The van der Waals surface area contributed by atoms with Crippen LogP contribution < -0.4 is 15.4 Å². The predicted octanol–water partition coefficient (Wildman–Crippen LogP) is 3.83. The molecule has 2 amide bonds. The number of benzene rings is 2. The topological polar surface area (TPSA) is 93.7 Å². The maximum Gasteiger partial charge on any atom is 0.306 e. The zero-order chi connectivity index (χ0) is 22.5. The molecule has 166 valence electrons. The molecule has 1 unspecified atom stereocenters. The Hall–Kier alpha value is -3.35. The molecule has 0 spiro atoms. The number of carbonyl (C=O) groups excluding carboxylic acids is 3. The first-order chi connectivity index (χ1) is 14.9. The summed E-state index contributed by atoms with van der Waals surface area (Å²) in [6, 6.07) is 16.9. The summed E-state index contributed by atoms with van der Waals surface area (Å²) in [6.45, 7) is 4.07. The smallest absolute Gasteiger partial charge is 0.306 e. The molecule has 2 N–H and O–H groups in total. The summed E-state index contributed by atoms with van der Waals surface area (Å²) in [5.74, 6) is -0.169. The second-order valence-electron chi connectivity index (χ2n) is 7.21. The van der Waals surface area contributed by atoms with E-state index in [4.69, 9.17) is 9.47 Å². The Morgan fingerprint density at radius 1 is 0.935 bits per heavy atom. The zero-order valence-corrected chi connectivity index (χ0v) is 18.1. The van der Waals surface area contributed by atoms with Crippen LogP contribution >= 0.6 is 0 Å². The van der Waals surface area contributed by atoms with Gasteiger partial charge in [-0.15, -0.1) is 0 Å². The fourth-order valence-electron chi connectivity index (χ4n) is 2.76. The van der Waals surface area contributed by atoms with E-state index in [1.165, 1.54) is 6.92 Å². The van der Waals surface area contributed by atoms with E-state index in [1.54, 1.807) is 31.2 Å². The van der Waals surface area contributed by atoms with Crippen LogP contribution in [0.3, 0.4) is 0 Å². The van der Waals surface area contributed by atoms with Crippen molar-refractivity contribution in [1.29, 1.82) is 0 Å². The largest absolute Gasteiger partial charge is 0.489 e. The van der Waals surface area contributed by atoms with Crippen LogP contribution in [0.25, 0.3) is 0 Å². The number of hydrogen-bond donors (Lipinski definition) is 2. The molecule has 2 aromatic rings. The minimum atomic E-state index is -0.888. The monoisotopic (exact) mass is 426 g/mol. The van der Waals surface area contributed by atoms with E-state index in [1.807, 2.05) is 30.3 Å². The third kappa shape index (κ3) is 9.80.